The Kier molecular flexibility index (Phi) is 4.98. The average molecular weight is 236 g/mol. The summed E-state index contributed by atoms with van der Waals surface area (Å²) in [5.74, 6) is 0.173. The third kappa shape index (κ3) is 4.06. The molecule has 0 atom stereocenters. The van der Waals surface area contributed by atoms with E-state index in [1.165, 1.54) is 4.31 Å². The lowest BCUT2D eigenvalue weighted by atomic mass is 10.4. The zero-order valence-corrected chi connectivity index (χ0v) is 10.3. The number of morpholine rings is 1. The van der Waals surface area contributed by atoms with Gasteiger partial charge < -0.3 is 4.74 Å². The molecule has 1 heterocycles. The van der Waals surface area contributed by atoms with E-state index in [1.54, 1.807) is 14.0 Å². The third-order valence-electron chi connectivity index (χ3n) is 2.67. The van der Waals surface area contributed by atoms with E-state index in [9.17, 15) is 8.42 Å². The summed E-state index contributed by atoms with van der Waals surface area (Å²) in [5.41, 5.74) is 0. The molecule has 0 unspecified atom stereocenters. The molecule has 0 N–H and O–H groups in total. The lowest BCUT2D eigenvalue weighted by molar-refractivity contribution is 0.0368. The maximum atomic E-state index is 11.5. The number of sulfonamides is 1. The largest absolute Gasteiger partial charge is 0.379 e. The molecule has 5 nitrogen and oxygen atoms in total. The molecule has 0 spiro atoms. The Balaban J connectivity index is 2.30. The minimum absolute atomic E-state index is 0.173. The Morgan fingerprint density at radius 3 is 2.47 bits per heavy atom. The molecule has 15 heavy (non-hydrogen) atoms. The maximum absolute atomic E-state index is 11.5. The monoisotopic (exact) mass is 236 g/mol. The Hall–Kier alpha value is -0.170. The summed E-state index contributed by atoms with van der Waals surface area (Å²) < 4.78 is 29.6. The zero-order chi connectivity index (χ0) is 11.3. The number of hydrogen-bond acceptors (Lipinski definition) is 4. The van der Waals surface area contributed by atoms with Crippen molar-refractivity contribution in [3.63, 3.8) is 0 Å². The van der Waals surface area contributed by atoms with Gasteiger partial charge in [0.15, 0.2) is 0 Å². The first-order chi connectivity index (χ1) is 7.06. The maximum Gasteiger partial charge on any atom is 0.213 e. The van der Waals surface area contributed by atoms with Crippen molar-refractivity contribution < 1.29 is 13.2 Å². The molecule has 1 aliphatic rings. The highest BCUT2D eigenvalue weighted by Crippen LogP contribution is 2.00. The first kappa shape index (κ1) is 12.9. The second-order valence-electron chi connectivity index (χ2n) is 3.68. The fourth-order valence-electron chi connectivity index (χ4n) is 1.47. The molecule has 0 amide bonds. The van der Waals surface area contributed by atoms with E-state index in [-0.39, 0.29) is 5.75 Å². The van der Waals surface area contributed by atoms with Gasteiger partial charge in [-0.1, -0.05) is 0 Å². The van der Waals surface area contributed by atoms with Crippen LogP contribution in [0, 0.1) is 0 Å². The molecule has 6 heteroatoms. The molecule has 1 fully saturated rings. The Bertz CT molecular complexity index is 273. The van der Waals surface area contributed by atoms with Crippen molar-refractivity contribution >= 4 is 10.0 Å². The first-order valence-corrected chi connectivity index (χ1v) is 6.91. The third-order valence-corrected chi connectivity index (χ3v) is 4.54. The summed E-state index contributed by atoms with van der Waals surface area (Å²) in [7, 11) is -1.39. The second-order valence-corrected chi connectivity index (χ2v) is 6.04. The van der Waals surface area contributed by atoms with E-state index in [0.29, 0.717) is 6.54 Å². The van der Waals surface area contributed by atoms with Crippen molar-refractivity contribution in [2.75, 3.05) is 52.2 Å². The SMILES string of the molecule is CCS(=O)(=O)N(C)CCN1CCOCC1. The van der Waals surface area contributed by atoms with E-state index >= 15 is 0 Å². The molecule has 0 saturated carbocycles. The smallest absolute Gasteiger partial charge is 0.213 e. The minimum Gasteiger partial charge on any atom is -0.379 e. The Morgan fingerprint density at radius 1 is 1.33 bits per heavy atom. The summed E-state index contributed by atoms with van der Waals surface area (Å²) >= 11 is 0. The van der Waals surface area contributed by atoms with Crippen LogP contribution in [0.5, 0.6) is 0 Å². The van der Waals surface area contributed by atoms with Crippen LogP contribution in [0.3, 0.4) is 0 Å². The van der Waals surface area contributed by atoms with Gasteiger partial charge >= 0.3 is 0 Å². The average Bonchev–Trinajstić information content (AvgIpc) is 2.27. The molecule has 0 radical (unpaired) electrons. The fraction of sp³-hybridized carbons (Fsp3) is 1.00. The lowest BCUT2D eigenvalue weighted by Gasteiger charge is -2.28. The van der Waals surface area contributed by atoms with Gasteiger partial charge in [-0.05, 0) is 6.92 Å². The van der Waals surface area contributed by atoms with E-state index in [1.807, 2.05) is 0 Å². The number of ether oxygens (including phenoxy) is 1. The zero-order valence-electron chi connectivity index (χ0n) is 9.48. The summed E-state index contributed by atoms with van der Waals surface area (Å²) in [6.07, 6.45) is 0. The molecule has 0 aromatic carbocycles. The molecule has 1 saturated heterocycles. The van der Waals surface area contributed by atoms with Crippen molar-refractivity contribution in [3.05, 3.63) is 0 Å². The van der Waals surface area contributed by atoms with Crippen LogP contribution in [-0.4, -0.2) is 69.8 Å². The van der Waals surface area contributed by atoms with Crippen molar-refractivity contribution in [2.24, 2.45) is 0 Å². The highest BCUT2D eigenvalue weighted by molar-refractivity contribution is 7.89. The van der Waals surface area contributed by atoms with Crippen LogP contribution < -0.4 is 0 Å². The van der Waals surface area contributed by atoms with Crippen molar-refractivity contribution in [3.8, 4) is 0 Å². The quantitative estimate of drug-likeness (QED) is 0.652. The van der Waals surface area contributed by atoms with Crippen LogP contribution >= 0.6 is 0 Å². The van der Waals surface area contributed by atoms with Crippen molar-refractivity contribution in [1.82, 2.24) is 9.21 Å². The van der Waals surface area contributed by atoms with Gasteiger partial charge in [0, 0.05) is 33.2 Å². The van der Waals surface area contributed by atoms with Crippen LogP contribution in [0.1, 0.15) is 6.92 Å². The van der Waals surface area contributed by atoms with Crippen LogP contribution in [-0.2, 0) is 14.8 Å². The van der Waals surface area contributed by atoms with E-state index in [4.69, 9.17) is 4.74 Å². The standard InChI is InChI=1S/C9H20N2O3S/c1-3-15(12,13)10(2)4-5-11-6-8-14-9-7-11/h3-9H2,1-2H3. The van der Waals surface area contributed by atoms with Crippen LogP contribution in [0.4, 0.5) is 0 Å². The predicted octanol–water partition coefficient (Wildman–Crippen LogP) is -0.400. The van der Waals surface area contributed by atoms with Crippen molar-refractivity contribution in [1.29, 1.82) is 0 Å². The van der Waals surface area contributed by atoms with E-state index in [2.05, 4.69) is 4.90 Å². The van der Waals surface area contributed by atoms with Gasteiger partial charge in [0.25, 0.3) is 0 Å². The summed E-state index contributed by atoms with van der Waals surface area (Å²) in [4.78, 5) is 2.23. The Morgan fingerprint density at radius 2 is 1.93 bits per heavy atom. The lowest BCUT2D eigenvalue weighted by Crippen LogP contribution is -2.42. The summed E-state index contributed by atoms with van der Waals surface area (Å²) in [6.45, 7) is 6.34. The molecule has 1 rings (SSSR count). The predicted molar refractivity (Wildman–Crippen MR) is 59.3 cm³/mol. The highest BCUT2D eigenvalue weighted by atomic mass is 32.2. The van der Waals surface area contributed by atoms with Gasteiger partial charge in [0.1, 0.15) is 0 Å². The highest BCUT2D eigenvalue weighted by Gasteiger charge is 2.17. The first-order valence-electron chi connectivity index (χ1n) is 5.30. The molecular formula is C9H20N2O3S. The number of rotatable bonds is 5. The molecule has 0 aliphatic carbocycles. The molecule has 90 valence electrons. The second kappa shape index (κ2) is 5.79. The number of hydrogen-bond donors (Lipinski definition) is 0. The van der Waals surface area contributed by atoms with Gasteiger partial charge in [-0.25, -0.2) is 12.7 Å². The topological polar surface area (TPSA) is 49.9 Å². The van der Waals surface area contributed by atoms with Gasteiger partial charge in [-0.3, -0.25) is 4.90 Å². The van der Waals surface area contributed by atoms with E-state index in [0.717, 1.165) is 32.8 Å². The normalized spacial score (nSPS) is 19.7. The van der Waals surface area contributed by atoms with Crippen molar-refractivity contribution in [2.45, 2.75) is 6.92 Å². The molecule has 1 aliphatic heterocycles. The summed E-state index contributed by atoms with van der Waals surface area (Å²) in [5, 5.41) is 0. The summed E-state index contributed by atoms with van der Waals surface area (Å²) in [6, 6.07) is 0. The molecular weight excluding hydrogens is 216 g/mol. The minimum atomic E-state index is -3.02. The molecule has 0 bridgehead atoms. The number of nitrogens with zero attached hydrogens (tertiary/aromatic N) is 2. The van der Waals surface area contributed by atoms with Crippen LogP contribution in [0.15, 0.2) is 0 Å². The van der Waals surface area contributed by atoms with Gasteiger partial charge in [-0.2, -0.15) is 0 Å². The Labute approximate surface area is 92.0 Å². The molecule has 0 aromatic rings. The molecule has 0 aromatic heterocycles. The van der Waals surface area contributed by atoms with Gasteiger partial charge in [0.2, 0.25) is 10.0 Å². The van der Waals surface area contributed by atoms with Gasteiger partial charge in [0.05, 0.1) is 19.0 Å². The van der Waals surface area contributed by atoms with Crippen LogP contribution in [0.2, 0.25) is 0 Å². The van der Waals surface area contributed by atoms with E-state index < -0.39 is 10.0 Å². The number of likely N-dealkylation sites (N-methyl/N-ethyl adjacent to an activating group) is 1. The van der Waals surface area contributed by atoms with Crippen LogP contribution in [0.25, 0.3) is 0 Å². The fourth-order valence-corrected chi connectivity index (χ4v) is 2.27. The van der Waals surface area contributed by atoms with Gasteiger partial charge in [-0.15, -0.1) is 0 Å².